The number of hydrogen-bond donors (Lipinski definition) is 0. The Hall–Kier alpha value is -2.22. The molecule has 0 atom stereocenters. The Bertz CT molecular complexity index is 1390. The van der Waals surface area contributed by atoms with Crippen LogP contribution in [0.15, 0.2) is 46.2 Å². The number of carbonyl (C=O) groups excluding carboxylic acids is 2. The highest BCUT2D eigenvalue weighted by Gasteiger charge is 2.36. The number of benzene rings is 2. The lowest BCUT2D eigenvalue weighted by molar-refractivity contribution is -0.125. The number of carbonyl (C=O) groups is 2. The van der Waals surface area contributed by atoms with Crippen LogP contribution in [0.1, 0.15) is 25.7 Å². The van der Waals surface area contributed by atoms with E-state index < -0.39 is 45.0 Å². The minimum Gasteiger partial charge on any atom is -0.300 e. The molecule has 3 saturated heterocycles. The average Bonchev–Trinajstić information content (AvgIpc) is 3.61. The fourth-order valence-corrected chi connectivity index (χ4v) is 8.45. The van der Waals surface area contributed by atoms with Gasteiger partial charge < -0.3 is 0 Å². The summed E-state index contributed by atoms with van der Waals surface area (Å²) in [6.07, 6.45) is 3.10. The van der Waals surface area contributed by atoms with E-state index in [4.69, 9.17) is 23.2 Å². The average molecular weight is 602 g/mol. The molecule has 0 spiro atoms. The largest absolute Gasteiger partial charge is 0.300 e. The van der Waals surface area contributed by atoms with Crippen molar-refractivity contribution >= 4 is 66.4 Å². The fraction of sp³-hybridized carbons (Fsp3) is 0.417. The van der Waals surface area contributed by atoms with E-state index in [1.165, 1.54) is 45.0 Å². The van der Waals surface area contributed by atoms with Gasteiger partial charge in [-0.15, -0.1) is 0 Å². The monoisotopic (exact) mass is 600 g/mol. The SMILES string of the molecule is O=C1CN(c2cc(S(=O)(=O)N3CCCC3)ccc2Cl)C(=O)CN1c1cc(S(=O)(=O)N2CCCC2)ccc1Cl. The van der Waals surface area contributed by atoms with Gasteiger partial charge in [0.1, 0.15) is 13.1 Å². The summed E-state index contributed by atoms with van der Waals surface area (Å²) in [6.45, 7) is 0.831. The van der Waals surface area contributed by atoms with Crippen LogP contribution in [0.4, 0.5) is 11.4 Å². The molecular weight excluding hydrogens is 575 g/mol. The van der Waals surface area contributed by atoms with Crippen molar-refractivity contribution in [1.82, 2.24) is 8.61 Å². The summed E-state index contributed by atoms with van der Waals surface area (Å²) in [5.41, 5.74) is 0.225. The molecular formula is C24H26Cl2N4O6S2. The lowest BCUT2D eigenvalue weighted by Crippen LogP contribution is -2.54. The Labute approximate surface area is 231 Å². The van der Waals surface area contributed by atoms with Gasteiger partial charge in [-0.3, -0.25) is 19.4 Å². The van der Waals surface area contributed by atoms with Gasteiger partial charge in [0.2, 0.25) is 31.9 Å². The van der Waals surface area contributed by atoms with E-state index in [9.17, 15) is 26.4 Å². The van der Waals surface area contributed by atoms with Crippen LogP contribution in [0.5, 0.6) is 0 Å². The van der Waals surface area contributed by atoms with Gasteiger partial charge in [0, 0.05) is 26.2 Å². The number of sulfonamides is 2. The van der Waals surface area contributed by atoms with Crippen LogP contribution in [-0.2, 0) is 29.6 Å². The highest BCUT2D eigenvalue weighted by Crippen LogP contribution is 2.35. The quantitative estimate of drug-likeness (QED) is 0.503. The molecule has 3 aliphatic rings. The Morgan fingerprint density at radius 2 is 0.921 bits per heavy atom. The van der Waals surface area contributed by atoms with Crippen molar-refractivity contribution in [3.05, 3.63) is 46.4 Å². The third-order valence-corrected chi connectivity index (χ3v) is 11.4. The Kier molecular flexibility index (Phi) is 7.48. The first-order valence-corrected chi connectivity index (χ1v) is 15.8. The standard InChI is InChI=1S/C24H26Cl2N4O6S2/c25-19-7-5-17(37(33,34)27-9-1-2-10-27)13-21(19)29-15-24(32)30(16-23(29)31)22-14-18(6-8-20(22)26)38(35,36)28-11-3-4-12-28/h5-8,13-14H,1-4,9-12,15-16H2. The van der Waals surface area contributed by atoms with E-state index >= 15 is 0 Å². The van der Waals surface area contributed by atoms with Gasteiger partial charge in [0.25, 0.3) is 0 Å². The smallest absolute Gasteiger partial charge is 0.247 e. The van der Waals surface area contributed by atoms with Gasteiger partial charge in [0.05, 0.1) is 31.2 Å². The zero-order valence-corrected chi connectivity index (χ0v) is 23.5. The van der Waals surface area contributed by atoms with Crippen LogP contribution in [0.3, 0.4) is 0 Å². The lowest BCUT2D eigenvalue weighted by Gasteiger charge is -2.35. The molecule has 3 heterocycles. The molecule has 2 amide bonds. The van der Waals surface area contributed by atoms with Crippen molar-refractivity contribution in [3.63, 3.8) is 0 Å². The highest BCUT2D eigenvalue weighted by molar-refractivity contribution is 7.89. The predicted octanol–water partition coefficient (Wildman–Crippen LogP) is 2.94. The van der Waals surface area contributed by atoms with Crippen LogP contribution in [0.25, 0.3) is 0 Å². The van der Waals surface area contributed by atoms with E-state index in [0.717, 1.165) is 35.5 Å². The number of amides is 2. The molecule has 0 unspecified atom stereocenters. The molecule has 3 fully saturated rings. The molecule has 0 aliphatic carbocycles. The van der Waals surface area contributed by atoms with E-state index in [0.29, 0.717) is 26.2 Å². The van der Waals surface area contributed by atoms with E-state index in [1.54, 1.807) is 0 Å². The van der Waals surface area contributed by atoms with Crippen LogP contribution in [0.2, 0.25) is 10.0 Å². The molecule has 2 aromatic carbocycles. The third kappa shape index (κ3) is 4.93. The van der Waals surface area contributed by atoms with E-state index in [2.05, 4.69) is 0 Å². The second-order valence-electron chi connectivity index (χ2n) is 9.41. The zero-order valence-electron chi connectivity index (χ0n) is 20.3. The van der Waals surface area contributed by atoms with Crippen molar-refractivity contribution in [3.8, 4) is 0 Å². The lowest BCUT2D eigenvalue weighted by atomic mass is 10.2. The second-order valence-corrected chi connectivity index (χ2v) is 14.1. The van der Waals surface area contributed by atoms with Crippen molar-refractivity contribution in [2.45, 2.75) is 35.5 Å². The summed E-state index contributed by atoms with van der Waals surface area (Å²) in [4.78, 5) is 28.7. The van der Waals surface area contributed by atoms with Crippen LogP contribution >= 0.6 is 23.2 Å². The zero-order chi connectivity index (χ0) is 27.2. The predicted molar refractivity (Wildman–Crippen MR) is 144 cm³/mol. The number of hydrogen-bond acceptors (Lipinski definition) is 6. The molecule has 5 rings (SSSR count). The van der Waals surface area contributed by atoms with Gasteiger partial charge in [-0.2, -0.15) is 8.61 Å². The summed E-state index contributed by atoms with van der Waals surface area (Å²) in [5.74, 6) is -1.04. The number of anilines is 2. The first kappa shape index (κ1) is 27.4. The number of piperazine rings is 1. The molecule has 0 N–H and O–H groups in total. The topological polar surface area (TPSA) is 115 Å². The Morgan fingerprint density at radius 1 is 0.579 bits per heavy atom. The Balaban J connectivity index is 1.42. The van der Waals surface area contributed by atoms with Gasteiger partial charge in [-0.05, 0) is 62.1 Å². The summed E-state index contributed by atoms with van der Waals surface area (Å²) < 4.78 is 55.0. The van der Waals surface area contributed by atoms with Crippen molar-refractivity contribution < 1.29 is 26.4 Å². The van der Waals surface area contributed by atoms with Crippen LogP contribution < -0.4 is 9.80 Å². The molecule has 38 heavy (non-hydrogen) atoms. The third-order valence-electron chi connectivity index (χ3n) is 7.01. The summed E-state index contributed by atoms with van der Waals surface area (Å²) in [6, 6.07) is 8.18. The minimum atomic E-state index is -3.77. The highest BCUT2D eigenvalue weighted by atomic mass is 35.5. The molecule has 10 nitrogen and oxygen atoms in total. The van der Waals surface area contributed by atoms with Gasteiger partial charge >= 0.3 is 0 Å². The van der Waals surface area contributed by atoms with Gasteiger partial charge in [0.15, 0.2) is 0 Å². The molecule has 0 radical (unpaired) electrons. The summed E-state index contributed by atoms with van der Waals surface area (Å²) >= 11 is 12.7. The molecule has 204 valence electrons. The molecule has 0 bridgehead atoms. The molecule has 2 aromatic rings. The van der Waals surface area contributed by atoms with Crippen LogP contribution in [-0.4, -0.2) is 76.5 Å². The summed E-state index contributed by atoms with van der Waals surface area (Å²) in [7, 11) is -7.54. The van der Waals surface area contributed by atoms with Gasteiger partial charge in [-0.25, -0.2) is 16.8 Å². The fourth-order valence-electron chi connectivity index (χ4n) is 4.93. The van der Waals surface area contributed by atoms with E-state index in [1.807, 2.05) is 0 Å². The van der Waals surface area contributed by atoms with E-state index in [-0.39, 0.29) is 31.2 Å². The van der Waals surface area contributed by atoms with Crippen molar-refractivity contribution in [2.24, 2.45) is 0 Å². The van der Waals surface area contributed by atoms with Gasteiger partial charge in [-0.1, -0.05) is 23.2 Å². The van der Waals surface area contributed by atoms with Crippen molar-refractivity contribution in [1.29, 1.82) is 0 Å². The maximum absolute atomic E-state index is 13.2. The second kappa shape index (κ2) is 10.4. The molecule has 3 aliphatic heterocycles. The Morgan fingerprint density at radius 3 is 1.26 bits per heavy atom. The minimum absolute atomic E-state index is 0.00987. The van der Waals surface area contributed by atoms with Crippen molar-refractivity contribution in [2.75, 3.05) is 49.1 Å². The van der Waals surface area contributed by atoms with Crippen LogP contribution in [0, 0.1) is 0 Å². The normalized spacial score (nSPS) is 20.1. The molecule has 0 aromatic heterocycles. The number of nitrogens with zero attached hydrogens (tertiary/aromatic N) is 4. The maximum atomic E-state index is 13.2. The number of halogens is 2. The first-order chi connectivity index (χ1) is 18.0. The first-order valence-electron chi connectivity index (χ1n) is 12.2. The summed E-state index contributed by atoms with van der Waals surface area (Å²) in [5, 5.41) is 0.244. The molecule has 14 heteroatoms. The maximum Gasteiger partial charge on any atom is 0.247 e. The number of rotatable bonds is 6. The molecule has 0 saturated carbocycles.